The van der Waals surface area contributed by atoms with Gasteiger partial charge in [0.1, 0.15) is 0 Å². The molecule has 0 aromatic rings. The van der Waals surface area contributed by atoms with E-state index in [1.807, 2.05) is 6.92 Å². The standard InChI is InChI=1S/C17H30N2O3/c1-13(16(20)18-15-7-3-2-4-8-15)19-9-5-6-14(12-19)17-21-10-11-22-17/h13-15,17H,2-12H2,1H3,(H,18,20). The summed E-state index contributed by atoms with van der Waals surface area (Å²) in [7, 11) is 0. The number of hydrogen-bond donors (Lipinski definition) is 1. The molecule has 1 amide bonds. The van der Waals surface area contributed by atoms with E-state index in [0.29, 0.717) is 25.2 Å². The maximum absolute atomic E-state index is 12.5. The Morgan fingerprint density at radius 3 is 2.55 bits per heavy atom. The van der Waals surface area contributed by atoms with Gasteiger partial charge in [0.05, 0.1) is 19.3 Å². The van der Waals surface area contributed by atoms with Crippen LogP contribution >= 0.6 is 0 Å². The van der Waals surface area contributed by atoms with Gasteiger partial charge in [-0.05, 0) is 39.2 Å². The molecule has 2 unspecified atom stereocenters. The van der Waals surface area contributed by atoms with Crippen molar-refractivity contribution in [3.8, 4) is 0 Å². The molecule has 1 N–H and O–H groups in total. The smallest absolute Gasteiger partial charge is 0.237 e. The largest absolute Gasteiger partial charge is 0.352 e. The molecule has 2 saturated heterocycles. The number of amides is 1. The van der Waals surface area contributed by atoms with Crippen molar-refractivity contribution in [1.82, 2.24) is 10.2 Å². The van der Waals surface area contributed by atoms with E-state index in [1.54, 1.807) is 0 Å². The van der Waals surface area contributed by atoms with Crippen molar-refractivity contribution >= 4 is 5.91 Å². The monoisotopic (exact) mass is 310 g/mol. The molecule has 126 valence electrons. The fourth-order valence-corrected chi connectivity index (χ4v) is 4.00. The van der Waals surface area contributed by atoms with Gasteiger partial charge in [0, 0.05) is 18.5 Å². The zero-order chi connectivity index (χ0) is 15.4. The van der Waals surface area contributed by atoms with Crippen LogP contribution in [0.2, 0.25) is 0 Å². The Kier molecular flexibility index (Phi) is 5.71. The van der Waals surface area contributed by atoms with Crippen LogP contribution in [0.3, 0.4) is 0 Å². The molecule has 3 rings (SSSR count). The molecule has 2 atom stereocenters. The van der Waals surface area contributed by atoms with Crippen molar-refractivity contribution in [3.05, 3.63) is 0 Å². The molecule has 0 spiro atoms. The summed E-state index contributed by atoms with van der Waals surface area (Å²) in [6.07, 6.45) is 8.31. The third-order valence-corrected chi connectivity index (χ3v) is 5.40. The van der Waals surface area contributed by atoms with Gasteiger partial charge in [0.2, 0.25) is 5.91 Å². The Balaban J connectivity index is 1.49. The van der Waals surface area contributed by atoms with Crippen LogP contribution in [0, 0.1) is 5.92 Å². The lowest BCUT2D eigenvalue weighted by Crippen LogP contribution is -2.52. The van der Waals surface area contributed by atoms with Gasteiger partial charge in [-0.3, -0.25) is 9.69 Å². The number of hydrogen-bond acceptors (Lipinski definition) is 4. The quantitative estimate of drug-likeness (QED) is 0.862. The summed E-state index contributed by atoms with van der Waals surface area (Å²) in [5.74, 6) is 0.599. The lowest BCUT2D eigenvalue weighted by molar-refractivity contribution is -0.131. The van der Waals surface area contributed by atoms with Crippen LogP contribution in [0.1, 0.15) is 51.9 Å². The third kappa shape index (κ3) is 4.00. The number of nitrogens with zero attached hydrogens (tertiary/aromatic N) is 1. The summed E-state index contributed by atoms with van der Waals surface area (Å²) in [4.78, 5) is 14.8. The average molecular weight is 310 g/mol. The lowest BCUT2D eigenvalue weighted by atomic mass is 9.94. The third-order valence-electron chi connectivity index (χ3n) is 5.40. The summed E-state index contributed by atoms with van der Waals surface area (Å²) in [5, 5.41) is 3.26. The molecule has 3 fully saturated rings. The first-order valence-electron chi connectivity index (χ1n) is 9.01. The van der Waals surface area contributed by atoms with E-state index in [4.69, 9.17) is 9.47 Å². The topological polar surface area (TPSA) is 50.8 Å². The van der Waals surface area contributed by atoms with Gasteiger partial charge in [0.25, 0.3) is 0 Å². The second-order valence-electron chi connectivity index (χ2n) is 7.03. The predicted molar refractivity (Wildman–Crippen MR) is 84.5 cm³/mol. The number of carbonyl (C=O) groups is 1. The Labute approximate surface area is 133 Å². The fraction of sp³-hybridized carbons (Fsp3) is 0.941. The Morgan fingerprint density at radius 1 is 1.09 bits per heavy atom. The Hall–Kier alpha value is -0.650. The van der Waals surface area contributed by atoms with Gasteiger partial charge < -0.3 is 14.8 Å². The SMILES string of the molecule is CC(C(=O)NC1CCCCC1)N1CCCC(C2OCCO2)C1. The summed E-state index contributed by atoms with van der Waals surface area (Å²) in [6.45, 7) is 5.36. The van der Waals surface area contributed by atoms with Crippen molar-refractivity contribution in [2.75, 3.05) is 26.3 Å². The second kappa shape index (κ2) is 7.75. The average Bonchev–Trinajstić information content (AvgIpc) is 3.10. The molecule has 2 heterocycles. The minimum absolute atomic E-state index is 0.0499. The molecule has 0 aromatic heterocycles. The summed E-state index contributed by atoms with van der Waals surface area (Å²) in [6, 6.07) is 0.344. The Morgan fingerprint density at radius 2 is 1.82 bits per heavy atom. The number of piperidine rings is 1. The van der Waals surface area contributed by atoms with E-state index in [0.717, 1.165) is 38.8 Å². The number of likely N-dealkylation sites (tertiary alicyclic amines) is 1. The summed E-state index contributed by atoms with van der Waals surface area (Å²) < 4.78 is 11.3. The van der Waals surface area contributed by atoms with Gasteiger partial charge in [0.15, 0.2) is 6.29 Å². The number of rotatable bonds is 4. The fourth-order valence-electron chi connectivity index (χ4n) is 4.00. The van der Waals surface area contributed by atoms with Gasteiger partial charge >= 0.3 is 0 Å². The summed E-state index contributed by atoms with van der Waals surface area (Å²) >= 11 is 0. The molecular weight excluding hydrogens is 280 g/mol. The van der Waals surface area contributed by atoms with Crippen molar-refractivity contribution in [1.29, 1.82) is 0 Å². The highest BCUT2D eigenvalue weighted by Gasteiger charge is 2.34. The maximum Gasteiger partial charge on any atom is 0.237 e. The first-order valence-corrected chi connectivity index (χ1v) is 9.01. The molecule has 0 radical (unpaired) electrons. The van der Waals surface area contributed by atoms with E-state index in [9.17, 15) is 4.79 Å². The molecule has 22 heavy (non-hydrogen) atoms. The van der Waals surface area contributed by atoms with E-state index in [2.05, 4.69) is 10.2 Å². The van der Waals surface area contributed by atoms with Gasteiger partial charge in [-0.1, -0.05) is 19.3 Å². The highest BCUT2D eigenvalue weighted by molar-refractivity contribution is 5.81. The maximum atomic E-state index is 12.5. The molecule has 5 heteroatoms. The second-order valence-corrected chi connectivity index (χ2v) is 7.03. The first-order chi connectivity index (χ1) is 10.7. The lowest BCUT2D eigenvalue weighted by Gasteiger charge is -2.38. The van der Waals surface area contributed by atoms with E-state index >= 15 is 0 Å². The van der Waals surface area contributed by atoms with Crippen LogP contribution in [0.5, 0.6) is 0 Å². The highest BCUT2D eigenvalue weighted by atomic mass is 16.7. The van der Waals surface area contributed by atoms with Crippen LogP contribution in [0.15, 0.2) is 0 Å². The van der Waals surface area contributed by atoms with Crippen LogP contribution in [0.25, 0.3) is 0 Å². The zero-order valence-corrected chi connectivity index (χ0v) is 13.8. The van der Waals surface area contributed by atoms with E-state index in [1.165, 1.54) is 19.3 Å². The minimum atomic E-state index is -0.0589. The van der Waals surface area contributed by atoms with Crippen molar-refractivity contribution in [2.45, 2.75) is 70.2 Å². The van der Waals surface area contributed by atoms with Gasteiger partial charge in [-0.2, -0.15) is 0 Å². The molecule has 0 aromatic carbocycles. The number of carbonyl (C=O) groups excluding carboxylic acids is 1. The van der Waals surface area contributed by atoms with Crippen LogP contribution in [0.4, 0.5) is 0 Å². The molecule has 1 saturated carbocycles. The normalized spacial score (nSPS) is 30.3. The van der Waals surface area contributed by atoms with Gasteiger partial charge in [-0.15, -0.1) is 0 Å². The molecule has 2 aliphatic heterocycles. The van der Waals surface area contributed by atoms with E-state index < -0.39 is 0 Å². The predicted octanol–water partition coefficient (Wildman–Crippen LogP) is 1.91. The number of ether oxygens (including phenoxy) is 2. The minimum Gasteiger partial charge on any atom is -0.352 e. The first kappa shape index (κ1) is 16.2. The van der Waals surface area contributed by atoms with E-state index in [-0.39, 0.29) is 18.2 Å². The van der Waals surface area contributed by atoms with Crippen molar-refractivity contribution < 1.29 is 14.3 Å². The zero-order valence-electron chi connectivity index (χ0n) is 13.8. The van der Waals surface area contributed by atoms with Crippen LogP contribution in [-0.4, -0.2) is 55.5 Å². The molecule has 3 aliphatic rings. The number of nitrogens with one attached hydrogen (secondary N) is 1. The summed E-state index contributed by atoms with van der Waals surface area (Å²) in [5.41, 5.74) is 0. The molecule has 5 nitrogen and oxygen atoms in total. The van der Waals surface area contributed by atoms with Gasteiger partial charge in [-0.25, -0.2) is 0 Å². The molecular formula is C17H30N2O3. The Bertz CT molecular complexity index is 365. The van der Waals surface area contributed by atoms with Crippen LogP contribution < -0.4 is 5.32 Å². The highest BCUT2D eigenvalue weighted by Crippen LogP contribution is 2.26. The molecule has 1 aliphatic carbocycles. The van der Waals surface area contributed by atoms with Crippen LogP contribution in [-0.2, 0) is 14.3 Å². The van der Waals surface area contributed by atoms with Crippen molar-refractivity contribution in [2.24, 2.45) is 5.92 Å². The van der Waals surface area contributed by atoms with Crippen molar-refractivity contribution in [3.63, 3.8) is 0 Å². The molecule has 0 bridgehead atoms.